The van der Waals surface area contributed by atoms with Crippen LogP contribution in [0, 0.1) is 0 Å². The van der Waals surface area contributed by atoms with E-state index < -0.39 is 0 Å². The minimum Gasteiger partial charge on any atom is -0.311 e. The zero-order chi connectivity index (χ0) is 41.0. The highest BCUT2D eigenvalue weighted by molar-refractivity contribution is 6.22. The summed E-state index contributed by atoms with van der Waals surface area (Å²) in [5.41, 5.74) is 20.5. The van der Waals surface area contributed by atoms with Crippen LogP contribution in [0.25, 0.3) is 94.3 Å². The van der Waals surface area contributed by atoms with Gasteiger partial charge in [-0.15, -0.1) is 0 Å². The van der Waals surface area contributed by atoms with E-state index in [2.05, 4.69) is 252 Å². The summed E-state index contributed by atoms with van der Waals surface area (Å²) < 4.78 is 2.47. The van der Waals surface area contributed by atoms with Crippen molar-refractivity contribution >= 4 is 38.7 Å². The van der Waals surface area contributed by atoms with Crippen molar-refractivity contribution in [3.63, 3.8) is 0 Å². The lowest BCUT2D eigenvalue weighted by Gasteiger charge is -2.26. The van der Waals surface area contributed by atoms with Crippen molar-refractivity contribution in [2.24, 2.45) is 0 Å². The van der Waals surface area contributed by atoms with Crippen molar-refractivity contribution < 1.29 is 0 Å². The summed E-state index contributed by atoms with van der Waals surface area (Å²) in [5.74, 6) is 0. The molecule has 0 bridgehead atoms. The van der Waals surface area contributed by atoms with Crippen molar-refractivity contribution in [3.8, 4) is 72.6 Å². The van der Waals surface area contributed by atoms with Gasteiger partial charge in [-0.05, 0) is 115 Å². The van der Waals surface area contributed by atoms with E-state index in [1.165, 1.54) is 94.3 Å². The highest BCUT2D eigenvalue weighted by Crippen LogP contribution is 2.53. The molecular formula is C60H40N2. The van der Waals surface area contributed by atoms with Crippen molar-refractivity contribution in [2.45, 2.75) is 0 Å². The molecule has 1 aliphatic rings. The number of hydrogen-bond acceptors (Lipinski definition) is 1. The highest BCUT2D eigenvalue weighted by atomic mass is 15.1. The fourth-order valence-electron chi connectivity index (χ4n) is 9.56. The van der Waals surface area contributed by atoms with E-state index >= 15 is 0 Å². The van der Waals surface area contributed by atoms with E-state index in [0.29, 0.717) is 0 Å². The molecule has 0 saturated carbocycles. The quantitative estimate of drug-likeness (QED) is 0.149. The number of aromatic nitrogens is 1. The molecule has 0 atom stereocenters. The standard InChI is InChI=1S/C60H40N2/c1-4-12-41(13-5-1)43-22-24-44(25-23-43)46-28-35-52(36-29-46)61(51-33-26-45(27-34-51)42-14-6-2-7-15-42)53-37-30-47(31-38-53)49-32-39-54-57(40-49)62(50-18-8-3-9-19-50)60-56-21-11-17-48-16-10-20-55(58(48)56)59(54)60/h1-40H. The summed E-state index contributed by atoms with van der Waals surface area (Å²) in [7, 11) is 0. The Hall–Kier alpha value is -8.20. The summed E-state index contributed by atoms with van der Waals surface area (Å²) in [6, 6.07) is 88.1. The van der Waals surface area contributed by atoms with Gasteiger partial charge in [-0.3, -0.25) is 0 Å². The molecule has 10 aromatic carbocycles. The molecule has 290 valence electrons. The van der Waals surface area contributed by atoms with Crippen molar-refractivity contribution in [3.05, 3.63) is 243 Å². The molecule has 0 unspecified atom stereocenters. The number of anilines is 3. The summed E-state index contributed by atoms with van der Waals surface area (Å²) in [5, 5.41) is 3.90. The average molecular weight is 789 g/mol. The van der Waals surface area contributed by atoms with Crippen LogP contribution in [0.15, 0.2) is 243 Å². The van der Waals surface area contributed by atoms with Crippen LogP contribution < -0.4 is 4.90 Å². The number of hydrogen-bond donors (Lipinski definition) is 0. The van der Waals surface area contributed by atoms with Gasteiger partial charge in [0.1, 0.15) is 0 Å². The summed E-state index contributed by atoms with van der Waals surface area (Å²) >= 11 is 0. The largest absolute Gasteiger partial charge is 0.311 e. The first-order chi connectivity index (χ1) is 30.7. The number of nitrogens with zero attached hydrogens (tertiary/aromatic N) is 2. The first-order valence-corrected chi connectivity index (χ1v) is 21.3. The van der Waals surface area contributed by atoms with E-state index in [-0.39, 0.29) is 0 Å². The normalized spacial score (nSPS) is 11.5. The van der Waals surface area contributed by atoms with Gasteiger partial charge in [0.25, 0.3) is 0 Å². The van der Waals surface area contributed by atoms with Crippen LogP contribution in [0.3, 0.4) is 0 Å². The Morgan fingerprint density at radius 2 is 0.710 bits per heavy atom. The first kappa shape index (κ1) is 35.7. The van der Waals surface area contributed by atoms with Gasteiger partial charge in [0.2, 0.25) is 0 Å². The maximum Gasteiger partial charge on any atom is 0.0626 e. The van der Waals surface area contributed by atoms with E-state index in [9.17, 15) is 0 Å². The molecule has 1 aliphatic carbocycles. The molecule has 0 spiro atoms. The highest BCUT2D eigenvalue weighted by Gasteiger charge is 2.29. The first-order valence-electron chi connectivity index (χ1n) is 21.3. The Morgan fingerprint density at radius 3 is 1.21 bits per heavy atom. The van der Waals surface area contributed by atoms with Crippen molar-refractivity contribution in [2.75, 3.05) is 4.90 Å². The van der Waals surface area contributed by atoms with Gasteiger partial charge < -0.3 is 9.47 Å². The third kappa shape index (κ3) is 6.04. The van der Waals surface area contributed by atoms with Crippen LogP contribution in [-0.4, -0.2) is 4.57 Å². The summed E-state index contributed by atoms with van der Waals surface area (Å²) in [6.07, 6.45) is 0. The zero-order valence-electron chi connectivity index (χ0n) is 34.0. The van der Waals surface area contributed by atoms with E-state index in [4.69, 9.17) is 0 Å². The molecule has 1 aromatic heterocycles. The van der Waals surface area contributed by atoms with Crippen molar-refractivity contribution in [1.82, 2.24) is 4.57 Å². The summed E-state index contributed by atoms with van der Waals surface area (Å²) in [6.45, 7) is 0. The van der Waals surface area contributed by atoms with Crippen LogP contribution in [0.2, 0.25) is 0 Å². The molecule has 62 heavy (non-hydrogen) atoms. The molecule has 0 N–H and O–H groups in total. The number of para-hydroxylation sites is 1. The van der Waals surface area contributed by atoms with Crippen LogP contribution in [-0.2, 0) is 0 Å². The van der Waals surface area contributed by atoms with Crippen LogP contribution >= 0.6 is 0 Å². The maximum atomic E-state index is 2.47. The fourth-order valence-corrected chi connectivity index (χ4v) is 9.56. The average Bonchev–Trinajstić information content (AvgIpc) is 3.87. The molecule has 1 heterocycles. The smallest absolute Gasteiger partial charge is 0.0626 e. The van der Waals surface area contributed by atoms with Gasteiger partial charge in [-0.2, -0.15) is 0 Å². The second kappa shape index (κ2) is 14.8. The lowest BCUT2D eigenvalue weighted by Crippen LogP contribution is -2.09. The second-order valence-corrected chi connectivity index (χ2v) is 16.1. The topological polar surface area (TPSA) is 8.17 Å². The minimum atomic E-state index is 1.10. The maximum absolute atomic E-state index is 2.47. The fraction of sp³-hybridized carbons (Fsp3) is 0. The molecule has 0 saturated heterocycles. The summed E-state index contributed by atoms with van der Waals surface area (Å²) in [4.78, 5) is 2.35. The molecule has 0 aliphatic heterocycles. The second-order valence-electron chi connectivity index (χ2n) is 16.1. The van der Waals surface area contributed by atoms with Crippen LogP contribution in [0.1, 0.15) is 0 Å². The molecule has 0 radical (unpaired) electrons. The monoisotopic (exact) mass is 788 g/mol. The third-order valence-corrected chi connectivity index (χ3v) is 12.6. The number of fused-ring (bicyclic) bond motifs is 5. The molecule has 2 heteroatoms. The van der Waals surface area contributed by atoms with Gasteiger partial charge in [0, 0.05) is 39.3 Å². The predicted molar refractivity (Wildman–Crippen MR) is 262 cm³/mol. The van der Waals surface area contributed by atoms with Gasteiger partial charge in [-0.25, -0.2) is 0 Å². The Morgan fingerprint density at radius 1 is 0.306 bits per heavy atom. The van der Waals surface area contributed by atoms with Gasteiger partial charge in [0.15, 0.2) is 0 Å². The number of rotatable bonds is 8. The van der Waals surface area contributed by atoms with Crippen LogP contribution in [0.5, 0.6) is 0 Å². The zero-order valence-corrected chi connectivity index (χ0v) is 34.0. The van der Waals surface area contributed by atoms with Gasteiger partial charge >= 0.3 is 0 Å². The molecule has 0 fully saturated rings. The number of benzene rings is 10. The van der Waals surface area contributed by atoms with E-state index in [1.54, 1.807) is 0 Å². The van der Waals surface area contributed by atoms with Crippen molar-refractivity contribution in [1.29, 1.82) is 0 Å². The molecular weight excluding hydrogens is 749 g/mol. The SMILES string of the molecule is c1ccc(-c2ccc(-c3ccc(N(c4ccc(-c5ccccc5)cc4)c4ccc(-c5ccc6c7c(n(-c8ccccc8)c6c5)-c5cccc6cccc-7c56)cc4)cc3)cc2)cc1. The molecule has 12 rings (SSSR count). The Bertz CT molecular complexity index is 3380. The van der Waals surface area contributed by atoms with Gasteiger partial charge in [0.05, 0.1) is 11.2 Å². The predicted octanol–water partition coefficient (Wildman–Crippen LogP) is 16.6. The van der Waals surface area contributed by atoms with Crippen LogP contribution in [0.4, 0.5) is 17.1 Å². The van der Waals surface area contributed by atoms with E-state index in [0.717, 1.165) is 17.1 Å². The third-order valence-electron chi connectivity index (χ3n) is 12.6. The Labute approximate surface area is 361 Å². The van der Waals surface area contributed by atoms with Gasteiger partial charge in [-0.1, -0.05) is 188 Å². The molecule has 2 nitrogen and oxygen atoms in total. The lowest BCUT2D eigenvalue weighted by molar-refractivity contribution is 1.14. The minimum absolute atomic E-state index is 1.10. The lowest BCUT2D eigenvalue weighted by atomic mass is 9.99. The Balaban J connectivity index is 0.924. The molecule has 0 amide bonds. The molecule has 11 aromatic rings. The Kier molecular flexibility index (Phi) is 8.53. The van der Waals surface area contributed by atoms with E-state index in [1.807, 2.05) is 0 Å².